The predicted molar refractivity (Wildman–Crippen MR) is 163 cm³/mol. The summed E-state index contributed by atoms with van der Waals surface area (Å²) in [6.45, 7) is 5.38. The second-order valence-electron chi connectivity index (χ2n) is 11.3. The Bertz CT molecular complexity index is 1740. The molecule has 1 saturated heterocycles. The smallest absolute Gasteiger partial charge is 0.340 e. The molecule has 0 bridgehead atoms. The van der Waals surface area contributed by atoms with Crippen LogP contribution < -0.4 is 24.6 Å². The zero-order valence-corrected chi connectivity index (χ0v) is 25.5. The fraction of sp³-hybridized carbons (Fsp3) is 0.353. The van der Waals surface area contributed by atoms with Crippen LogP contribution in [0.25, 0.3) is 22.1 Å². The average molecular weight is 605 g/mol. The zero-order valence-electron chi connectivity index (χ0n) is 25.5. The summed E-state index contributed by atoms with van der Waals surface area (Å²) in [7, 11) is 4.53. The van der Waals surface area contributed by atoms with E-state index in [1.165, 1.54) is 7.11 Å². The lowest BCUT2D eigenvalue weighted by Crippen LogP contribution is -2.59. The number of aliphatic hydroxyl groups is 2. The maximum Gasteiger partial charge on any atom is 0.340 e. The number of fused-ring (bicyclic) bond motifs is 1. The van der Waals surface area contributed by atoms with Gasteiger partial charge < -0.3 is 38.3 Å². The van der Waals surface area contributed by atoms with Gasteiger partial charge in [-0.3, -0.25) is 4.79 Å². The molecule has 5 rings (SSSR count). The molecule has 0 radical (unpaired) electrons. The normalized spacial score (nSPS) is 21.1. The molecule has 4 atom stereocenters. The second kappa shape index (κ2) is 12.3. The van der Waals surface area contributed by atoms with E-state index in [-0.39, 0.29) is 40.8 Å². The quantitative estimate of drug-likeness (QED) is 0.203. The molecule has 10 nitrogen and oxygen atoms in total. The van der Waals surface area contributed by atoms with Gasteiger partial charge in [-0.25, -0.2) is 4.79 Å². The molecule has 1 aliphatic heterocycles. The third kappa shape index (κ3) is 5.88. The van der Waals surface area contributed by atoms with Gasteiger partial charge in [0.2, 0.25) is 12.0 Å². The van der Waals surface area contributed by atoms with Gasteiger partial charge in [-0.15, -0.1) is 0 Å². The number of methoxy groups -OCH3 is 3. The summed E-state index contributed by atoms with van der Waals surface area (Å²) in [6, 6.07) is 17.3. The molecule has 3 aromatic carbocycles. The number of hydrogen-bond donors (Lipinski definition) is 2. The van der Waals surface area contributed by atoms with E-state index in [0.29, 0.717) is 28.0 Å². The Balaban J connectivity index is 1.43. The Morgan fingerprint density at radius 1 is 0.909 bits per heavy atom. The van der Waals surface area contributed by atoms with Crippen molar-refractivity contribution in [3.63, 3.8) is 0 Å². The minimum absolute atomic E-state index is 0.106. The Morgan fingerprint density at radius 2 is 1.66 bits per heavy atom. The highest BCUT2D eigenvalue weighted by Gasteiger charge is 2.48. The molecule has 0 aliphatic carbocycles. The van der Waals surface area contributed by atoms with E-state index in [0.717, 1.165) is 5.56 Å². The Labute approximate surface area is 254 Å². The molecule has 2 N–H and O–H groups in total. The molecule has 1 aromatic heterocycles. The van der Waals surface area contributed by atoms with Gasteiger partial charge in [-0.1, -0.05) is 19.1 Å². The SMILES string of the molecule is COc1cccc(-c2cc(C(=O)Cc3cc4ccc(O[C@@H]5OC(C)(C)[C@H](C)[C@@H](O)C5O)c(OC)c4oc3=O)ccc2OC)c1. The lowest BCUT2D eigenvalue weighted by Gasteiger charge is -2.46. The van der Waals surface area contributed by atoms with Crippen LogP contribution in [0.5, 0.6) is 23.0 Å². The lowest BCUT2D eigenvalue weighted by molar-refractivity contribution is -0.285. The van der Waals surface area contributed by atoms with Crippen molar-refractivity contribution in [2.45, 2.75) is 51.3 Å². The van der Waals surface area contributed by atoms with Crippen LogP contribution in [0.3, 0.4) is 0 Å². The van der Waals surface area contributed by atoms with E-state index < -0.39 is 29.7 Å². The summed E-state index contributed by atoms with van der Waals surface area (Å²) in [6.07, 6.45) is -3.79. The van der Waals surface area contributed by atoms with E-state index >= 15 is 0 Å². The first kappa shape index (κ1) is 31.1. The van der Waals surface area contributed by atoms with Crippen molar-refractivity contribution >= 4 is 16.8 Å². The summed E-state index contributed by atoms with van der Waals surface area (Å²) in [5.74, 6) is 0.881. The molecule has 2 heterocycles. The van der Waals surface area contributed by atoms with Crippen LogP contribution >= 0.6 is 0 Å². The topological polar surface area (TPSA) is 134 Å². The maximum absolute atomic E-state index is 13.4. The number of carbonyl (C=O) groups excluding carboxylic acids is 1. The summed E-state index contributed by atoms with van der Waals surface area (Å²) in [5, 5.41) is 21.6. The summed E-state index contributed by atoms with van der Waals surface area (Å²) >= 11 is 0. The number of carbonyl (C=O) groups is 1. The highest BCUT2D eigenvalue weighted by Crippen LogP contribution is 2.40. The minimum atomic E-state index is -1.32. The first-order chi connectivity index (χ1) is 21.0. The van der Waals surface area contributed by atoms with Gasteiger partial charge in [-0.2, -0.15) is 0 Å². The van der Waals surface area contributed by atoms with Crippen LogP contribution in [0.1, 0.15) is 36.7 Å². The van der Waals surface area contributed by atoms with Gasteiger partial charge in [0.25, 0.3) is 0 Å². The second-order valence-corrected chi connectivity index (χ2v) is 11.3. The Kier molecular flexibility index (Phi) is 8.69. The van der Waals surface area contributed by atoms with Crippen molar-refractivity contribution in [1.29, 1.82) is 0 Å². The van der Waals surface area contributed by atoms with Crippen molar-refractivity contribution < 1.29 is 43.1 Å². The van der Waals surface area contributed by atoms with Gasteiger partial charge >= 0.3 is 5.63 Å². The van der Waals surface area contributed by atoms with Crippen molar-refractivity contribution in [2.75, 3.05) is 21.3 Å². The first-order valence-corrected chi connectivity index (χ1v) is 14.2. The fourth-order valence-electron chi connectivity index (χ4n) is 5.33. The van der Waals surface area contributed by atoms with Crippen molar-refractivity contribution in [3.05, 3.63) is 82.2 Å². The Hall–Kier alpha value is -4.38. The van der Waals surface area contributed by atoms with Crippen LogP contribution in [0, 0.1) is 5.92 Å². The molecule has 1 aliphatic rings. The number of rotatable bonds is 9. The first-order valence-electron chi connectivity index (χ1n) is 14.2. The van der Waals surface area contributed by atoms with Crippen LogP contribution in [0.2, 0.25) is 0 Å². The summed E-state index contributed by atoms with van der Waals surface area (Å²) in [4.78, 5) is 26.5. The van der Waals surface area contributed by atoms with Crippen molar-refractivity contribution in [1.82, 2.24) is 0 Å². The molecule has 0 spiro atoms. The minimum Gasteiger partial charge on any atom is -0.497 e. The molecular weight excluding hydrogens is 568 g/mol. The monoisotopic (exact) mass is 604 g/mol. The average Bonchev–Trinajstić information content (AvgIpc) is 3.02. The molecule has 0 amide bonds. The van der Waals surface area contributed by atoms with Crippen molar-refractivity contribution in [2.24, 2.45) is 5.92 Å². The number of benzene rings is 3. The molecular formula is C34H36O10. The third-order valence-electron chi connectivity index (χ3n) is 8.25. The van der Waals surface area contributed by atoms with Crippen LogP contribution in [0.4, 0.5) is 0 Å². The molecule has 1 unspecified atom stereocenters. The molecule has 4 aromatic rings. The molecule has 1 fully saturated rings. The van der Waals surface area contributed by atoms with Crippen LogP contribution in [0.15, 0.2) is 69.9 Å². The van der Waals surface area contributed by atoms with E-state index in [2.05, 4.69) is 0 Å². The van der Waals surface area contributed by atoms with E-state index in [4.69, 9.17) is 28.1 Å². The largest absolute Gasteiger partial charge is 0.497 e. The number of ether oxygens (including phenoxy) is 5. The van der Waals surface area contributed by atoms with E-state index in [1.807, 2.05) is 24.3 Å². The zero-order chi connectivity index (χ0) is 31.8. The van der Waals surface area contributed by atoms with Gasteiger partial charge in [0.1, 0.15) is 17.6 Å². The van der Waals surface area contributed by atoms with Gasteiger partial charge in [-0.05, 0) is 67.9 Å². The highest BCUT2D eigenvalue weighted by atomic mass is 16.7. The number of ketones is 1. The third-order valence-corrected chi connectivity index (χ3v) is 8.25. The predicted octanol–water partition coefficient (Wildman–Crippen LogP) is 4.78. The maximum atomic E-state index is 13.4. The van der Waals surface area contributed by atoms with Gasteiger partial charge in [0, 0.05) is 34.4 Å². The van der Waals surface area contributed by atoms with Gasteiger partial charge in [0.15, 0.2) is 17.1 Å². The van der Waals surface area contributed by atoms with E-state index in [1.54, 1.807) is 71.4 Å². The van der Waals surface area contributed by atoms with Crippen LogP contribution in [-0.4, -0.2) is 61.4 Å². The molecule has 232 valence electrons. The number of aliphatic hydroxyl groups excluding tert-OH is 2. The van der Waals surface area contributed by atoms with E-state index in [9.17, 15) is 19.8 Å². The highest BCUT2D eigenvalue weighted by molar-refractivity contribution is 5.99. The molecule has 44 heavy (non-hydrogen) atoms. The molecule has 0 saturated carbocycles. The number of hydrogen-bond acceptors (Lipinski definition) is 10. The fourth-order valence-corrected chi connectivity index (χ4v) is 5.33. The standard InChI is InChI=1S/C34H36O10/c1-18-28(36)29(37)33(44-34(18,2)3)42-27-13-11-21-14-22(32(38)43-30(21)31(27)41-6)17-25(35)20-10-12-26(40-5)24(16-20)19-8-7-9-23(15-19)39-4/h7-16,18,28-29,33,36-37H,17H2,1-6H3/t18-,28-,29?,33-/m1/s1. The van der Waals surface area contributed by atoms with Gasteiger partial charge in [0.05, 0.1) is 33.0 Å². The van der Waals surface area contributed by atoms with Crippen molar-refractivity contribution in [3.8, 4) is 34.1 Å². The Morgan fingerprint density at radius 3 is 2.36 bits per heavy atom. The molecule has 10 heteroatoms. The summed E-state index contributed by atoms with van der Waals surface area (Å²) < 4.78 is 33.9. The van der Waals surface area contributed by atoms with Crippen LogP contribution in [-0.2, 0) is 11.2 Å². The lowest BCUT2D eigenvalue weighted by atomic mass is 9.82. The summed E-state index contributed by atoms with van der Waals surface area (Å²) in [5.41, 5.74) is 0.704. The number of Topliss-reactive ketones (excluding diaryl/α,β-unsaturated/α-hetero) is 1.